The molecule has 2 unspecified atom stereocenters. The summed E-state index contributed by atoms with van der Waals surface area (Å²) in [7, 11) is 0. The van der Waals surface area contributed by atoms with Crippen molar-refractivity contribution in [3.63, 3.8) is 0 Å². The average Bonchev–Trinajstić information content (AvgIpc) is 3.07. The molecule has 1 aromatic heterocycles. The van der Waals surface area contributed by atoms with Crippen LogP contribution in [0.5, 0.6) is 0 Å². The highest BCUT2D eigenvalue weighted by atomic mass is 32.1. The van der Waals surface area contributed by atoms with Gasteiger partial charge in [-0.25, -0.2) is 0 Å². The van der Waals surface area contributed by atoms with E-state index in [-0.39, 0.29) is 23.5 Å². The molecule has 2 bridgehead atoms. The maximum atomic E-state index is 12.2. The SMILES string of the molecule is O=C(COC(=O)C1CC2CCCC(C1)C2=O)NC(=O)c1cccs1. The quantitative estimate of drug-likeness (QED) is 0.839. The van der Waals surface area contributed by atoms with Crippen LogP contribution in [0.2, 0.25) is 0 Å². The summed E-state index contributed by atoms with van der Waals surface area (Å²) in [5, 5.41) is 3.93. The molecule has 0 spiro atoms. The molecule has 2 atom stereocenters. The predicted octanol–water partition coefficient (Wildman–Crippen LogP) is 1.94. The highest BCUT2D eigenvalue weighted by Gasteiger charge is 2.41. The van der Waals surface area contributed by atoms with Crippen molar-refractivity contribution >= 4 is 34.9 Å². The summed E-state index contributed by atoms with van der Waals surface area (Å²) in [4.78, 5) is 48.1. The maximum Gasteiger partial charge on any atom is 0.309 e. The summed E-state index contributed by atoms with van der Waals surface area (Å²) in [5.74, 6) is -1.70. The minimum atomic E-state index is -0.645. The van der Waals surface area contributed by atoms with Crippen LogP contribution in [0, 0.1) is 17.8 Å². The number of ether oxygens (including phenoxy) is 1. The van der Waals surface area contributed by atoms with Crippen molar-refractivity contribution in [2.75, 3.05) is 6.61 Å². The minimum Gasteiger partial charge on any atom is -0.455 e. The van der Waals surface area contributed by atoms with Gasteiger partial charge in [0.25, 0.3) is 11.8 Å². The van der Waals surface area contributed by atoms with Gasteiger partial charge in [0.05, 0.1) is 10.8 Å². The fourth-order valence-electron chi connectivity index (χ4n) is 3.56. The van der Waals surface area contributed by atoms with E-state index in [1.807, 2.05) is 0 Å². The van der Waals surface area contributed by atoms with E-state index < -0.39 is 24.4 Å². The van der Waals surface area contributed by atoms with Gasteiger partial charge in [-0.3, -0.25) is 24.5 Å². The van der Waals surface area contributed by atoms with E-state index in [4.69, 9.17) is 4.74 Å². The number of hydrogen-bond donors (Lipinski definition) is 1. The Labute approximate surface area is 143 Å². The third-order valence-electron chi connectivity index (χ3n) is 4.72. The summed E-state index contributed by atoms with van der Waals surface area (Å²) in [6, 6.07) is 3.32. The van der Waals surface area contributed by atoms with Crippen molar-refractivity contribution in [3.8, 4) is 0 Å². The van der Waals surface area contributed by atoms with Gasteiger partial charge < -0.3 is 4.74 Å². The molecule has 24 heavy (non-hydrogen) atoms. The molecular weight excluding hydrogens is 330 g/mol. The predicted molar refractivity (Wildman–Crippen MR) is 86.3 cm³/mol. The van der Waals surface area contributed by atoms with Crippen molar-refractivity contribution in [3.05, 3.63) is 22.4 Å². The number of ketones is 1. The van der Waals surface area contributed by atoms with Gasteiger partial charge >= 0.3 is 5.97 Å². The van der Waals surface area contributed by atoms with Crippen LogP contribution in [0.25, 0.3) is 0 Å². The van der Waals surface area contributed by atoms with Crippen LogP contribution in [0.1, 0.15) is 41.8 Å². The van der Waals surface area contributed by atoms with Gasteiger partial charge in [-0.05, 0) is 37.1 Å². The smallest absolute Gasteiger partial charge is 0.309 e. The first-order chi connectivity index (χ1) is 11.5. The van der Waals surface area contributed by atoms with Crippen molar-refractivity contribution in [1.29, 1.82) is 0 Å². The summed E-state index contributed by atoms with van der Waals surface area (Å²) in [6.07, 6.45) is 3.76. The Balaban J connectivity index is 1.46. The third-order valence-corrected chi connectivity index (χ3v) is 5.59. The molecule has 2 fully saturated rings. The first kappa shape index (κ1) is 16.8. The molecular formula is C17H19NO5S. The molecule has 6 nitrogen and oxygen atoms in total. The summed E-state index contributed by atoms with van der Waals surface area (Å²) in [5.41, 5.74) is 0. The van der Waals surface area contributed by atoms with Crippen LogP contribution in [-0.4, -0.2) is 30.2 Å². The van der Waals surface area contributed by atoms with Crippen LogP contribution in [0.4, 0.5) is 0 Å². The number of nitrogens with one attached hydrogen (secondary N) is 1. The molecule has 128 valence electrons. The summed E-state index contributed by atoms with van der Waals surface area (Å²) < 4.78 is 5.05. The molecule has 2 saturated carbocycles. The van der Waals surface area contributed by atoms with Crippen LogP contribution in [-0.2, 0) is 19.1 Å². The van der Waals surface area contributed by atoms with Gasteiger partial charge in [0.2, 0.25) is 0 Å². The van der Waals surface area contributed by atoms with Gasteiger partial charge in [-0.15, -0.1) is 11.3 Å². The number of carbonyl (C=O) groups excluding carboxylic acids is 4. The van der Waals surface area contributed by atoms with E-state index in [9.17, 15) is 19.2 Å². The van der Waals surface area contributed by atoms with E-state index in [0.717, 1.165) is 19.3 Å². The second-order valence-corrected chi connectivity index (χ2v) is 7.31. The third kappa shape index (κ3) is 3.72. The molecule has 0 saturated heterocycles. The average molecular weight is 349 g/mol. The number of fused-ring (bicyclic) bond motifs is 2. The summed E-state index contributed by atoms with van der Waals surface area (Å²) >= 11 is 1.23. The molecule has 2 aliphatic carbocycles. The zero-order valence-electron chi connectivity index (χ0n) is 13.2. The normalized spacial score (nSPS) is 25.8. The zero-order valence-corrected chi connectivity index (χ0v) is 14.0. The molecule has 1 aromatic rings. The second-order valence-electron chi connectivity index (χ2n) is 6.36. The Morgan fingerprint density at radius 3 is 2.54 bits per heavy atom. The Bertz CT molecular complexity index is 638. The number of carbonyl (C=O) groups is 4. The molecule has 0 aliphatic heterocycles. The number of Topliss-reactive ketones (excluding diaryl/α,β-unsaturated/α-hetero) is 1. The molecule has 1 N–H and O–H groups in total. The van der Waals surface area contributed by atoms with Crippen LogP contribution < -0.4 is 5.32 Å². The molecule has 2 aliphatic rings. The lowest BCUT2D eigenvalue weighted by molar-refractivity contribution is -0.156. The number of amides is 2. The topological polar surface area (TPSA) is 89.5 Å². The van der Waals surface area contributed by atoms with E-state index >= 15 is 0 Å². The molecule has 7 heteroatoms. The van der Waals surface area contributed by atoms with Crippen molar-refractivity contribution < 1.29 is 23.9 Å². The van der Waals surface area contributed by atoms with Crippen molar-refractivity contribution in [1.82, 2.24) is 5.32 Å². The highest BCUT2D eigenvalue weighted by molar-refractivity contribution is 7.12. The van der Waals surface area contributed by atoms with Gasteiger partial charge in [0, 0.05) is 11.8 Å². The number of rotatable bonds is 4. The molecule has 1 heterocycles. The van der Waals surface area contributed by atoms with Crippen molar-refractivity contribution in [2.24, 2.45) is 17.8 Å². The van der Waals surface area contributed by atoms with Gasteiger partial charge in [-0.1, -0.05) is 12.5 Å². The fraction of sp³-hybridized carbons (Fsp3) is 0.529. The lowest BCUT2D eigenvalue weighted by atomic mass is 9.67. The minimum absolute atomic E-state index is 0.0377. The first-order valence-electron chi connectivity index (χ1n) is 8.12. The van der Waals surface area contributed by atoms with E-state index in [2.05, 4.69) is 5.32 Å². The van der Waals surface area contributed by atoms with Crippen molar-refractivity contribution in [2.45, 2.75) is 32.1 Å². The lowest BCUT2D eigenvalue weighted by Crippen LogP contribution is -2.40. The number of thiophene rings is 1. The van der Waals surface area contributed by atoms with Gasteiger partial charge in [0.1, 0.15) is 5.78 Å². The Kier molecular flexibility index (Phi) is 5.08. The number of imide groups is 1. The summed E-state index contributed by atoms with van der Waals surface area (Å²) in [6.45, 7) is -0.476. The van der Waals surface area contributed by atoms with Gasteiger partial charge in [-0.2, -0.15) is 0 Å². The molecule has 2 amide bonds. The largest absolute Gasteiger partial charge is 0.455 e. The number of hydrogen-bond acceptors (Lipinski definition) is 6. The Morgan fingerprint density at radius 1 is 1.21 bits per heavy atom. The molecule has 0 aromatic carbocycles. The standard InChI is InChI=1S/C17H19NO5S/c19-14(18-16(21)13-5-2-6-24-13)9-23-17(22)12-7-10-3-1-4-11(8-12)15(10)20/h2,5-6,10-12H,1,3-4,7-9H2,(H,18,19,21). The Morgan fingerprint density at radius 2 is 1.92 bits per heavy atom. The van der Waals surface area contributed by atoms with E-state index in [1.165, 1.54) is 11.3 Å². The lowest BCUT2D eigenvalue weighted by Gasteiger charge is -2.36. The fourth-order valence-corrected chi connectivity index (χ4v) is 4.18. The van der Waals surface area contributed by atoms with Crippen LogP contribution in [0.15, 0.2) is 17.5 Å². The maximum absolute atomic E-state index is 12.2. The van der Waals surface area contributed by atoms with Crippen LogP contribution >= 0.6 is 11.3 Å². The highest BCUT2D eigenvalue weighted by Crippen LogP contribution is 2.40. The Hall–Kier alpha value is -2.02. The van der Waals surface area contributed by atoms with Crippen LogP contribution in [0.3, 0.4) is 0 Å². The second kappa shape index (κ2) is 7.25. The molecule has 0 radical (unpaired) electrons. The molecule has 3 rings (SSSR count). The van der Waals surface area contributed by atoms with E-state index in [1.54, 1.807) is 17.5 Å². The van der Waals surface area contributed by atoms with Gasteiger partial charge in [0.15, 0.2) is 6.61 Å². The monoisotopic (exact) mass is 349 g/mol. The first-order valence-corrected chi connectivity index (χ1v) is 9.00. The van der Waals surface area contributed by atoms with E-state index in [0.29, 0.717) is 17.7 Å². The zero-order chi connectivity index (χ0) is 17.1. The number of esters is 1.